The Morgan fingerprint density at radius 2 is 1.86 bits per heavy atom. The van der Waals surface area contributed by atoms with Gasteiger partial charge in [-0.25, -0.2) is 14.4 Å². The van der Waals surface area contributed by atoms with Crippen LogP contribution < -0.4 is 15.4 Å². The first-order chi connectivity index (χ1) is 20.1. The van der Waals surface area contributed by atoms with Crippen molar-refractivity contribution in [1.82, 2.24) is 15.5 Å². The number of nitrogens with one attached hydrogen (secondary N) is 2. The summed E-state index contributed by atoms with van der Waals surface area (Å²) in [7, 11) is 5.21. The number of ether oxygens (including phenoxy) is 4. The highest BCUT2D eigenvalue weighted by Gasteiger charge is 2.39. The first-order valence-electron chi connectivity index (χ1n) is 13.2. The average molecular weight is 598 g/mol. The van der Waals surface area contributed by atoms with Crippen LogP contribution in [-0.2, 0) is 23.8 Å². The zero-order valence-corrected chi connectivity index (χ0v) is 25.1. The number of methoxy groups -OCH3 is 1. The summed E-state index contributed by atoms with van der Waals surface area (Å²) in [4.78, 5) is 40.4. The van der Waals surface area contributed by atoms with Crippen LogP contribution in [0.4, 0.5) is 4.79 Å². The highest BCUT2D eigenvalue weighted by Crippen LogP contribution is 2.41. The third-order valence-corrected chi connectivity index (χ3v) is 7.11. The zero-order chi connectivity index (χ0) is 30.8. The second-order valence-electron chi connectivity index (χ2n) is 9.65. The summed E-state index contributed by atoms with van der Waals surface area (Å²) in [5.74, 6) is -1.82. The zero-order valence-electron chi connectivity index (χ0n) is 24.4. The van der Waals surface area contributed by atoms with E-state index in [1.54, 1.807) is 37.3 Å². The molecule has 2 N–H and O–H groups in total. The van der Waals surface area contributed by atoms with Gasteiger partial charge in [-0.2, -0.15) is 0 Å². The fourth-order valence-electron chi connectivity index (χ4n) is 4.47. The number of hydrogen-bond donors (Lipinski definition) is 2. The first-order valence-corrected chi connectivity index (χ1v) is 13.6. The van der Waals surface area contributed by atoms with Crippen molar-refractivity contribution in [2.75, 3.05) is 41.0 Å². The van der Waals surface area contributed by atoms with Gasteiger partial charge in [0, 0.05) is 23.3 Å². The van der Waals surface area contributed by atoms with E-state index in [1.807, 2.05) is 32.3 Å². The van der Waals surface area contributed by atoms with Crippen LogP contribution in [-0.4, -0.2) is 63.9 Å². The maximum atomic E-state index is 13.2. The van der Waals surface area contributed by atoms with Crippen LogP contribution in [0.1, 0.15) is 36.9 Å². The molecular formula is C31H36ClN3O7. The van der Waals surface area contributed by atoms with E-state index < -0.39 is 23.9 Å². The summed E-state index contributed by atoms with van der Waals surface area (Å²) in [5.41, 5.74) is 2.69. The Morgan fingerprint density at radius 3 is 2.52 bits per heavy atom. The molecule has 1 unspecified atom stereocenters. The number of amides is 1. The largest absolute Gasteiger partial charge is 0.466 e. The lowest BCUT2D eigenvalue weighted by Crippen LogP contribution is -2.35. The number of rotatable bonds is 12. The molecule has 0 aromatic heterocycles. The predicted octanol–water partition coefficient (Wildman–Crippen LogP) is 4.84. The summed E-state index contributed by atoms with van der Waals surface area (Å²) >= 11 is 6.51. The second kappa shape index (κ2) is 15.2. The van der Waals surface area contributed by atoms with Gasteiger partial charge in [0.05, 0.1) is 49.3 Å². The molecule has 0 saturated carbocycles. The predicted molar refractivity (Wildman–Crippen MR) is 159 cm³/mol. The smallest absolute Gasteiger partial charge is 0.412 e. The topological polar surface area (TPSA) is 115 Å². The summed E-state index contributed by atoms with van der Waals surface area (Å²) in [5, 5.41) is 6.09. The van der Waals surface area contributed by atoms with Gasteiger partial charge < -0.3 is 34.5 Å². The molecule has 0 radical (unpaired) electrons. The summed E-state index contributed by atoms with van der Waals surface area (Å²) in [6.07, 6.45) is 0.381. The number of esters is 2. The lowest BCUT2D eigenvalue weighted by Gasteiger charge is -2.31. The van der Waals surface area contributed by atoms with E-state index in [1.165, 1.54) is 7.11 Å². The van der Waals surface area contributed by atoms with Crippen LogP contribution in [0.2, 0.25) is 5.02 Å². The third kappa shape index (κ3) is 8.00. The van der Waals surface area contributed by atoms with Crippen LogP contribution >= 0.6 is 11.6 Å². The van der Waals surface area contributed by atoms with Crippen LogP contribution in [0.15, 0.2) is 83.9 Å². The average Bonchev–Trinajstić information content (AvgIpc) is 2.96. The first kappa shape index (κ1) is 32.4. The van der Waals surface area contributed by atoms with Crippen molar-refractivity contribution in [3.05, 3.63) is 100 Å². The molecule has 2 aromatic carbocycles. The van der Waals surface area contributed by atoms with Crippen molar-refractivity contribution in [2.45, 2.75) is 25.8 Å². The molecule has 2 atom stereocenters. The molecule has 3 rings (SSSR count). The van der Waals surface area contributed by atoms with E-state index in [-0.39, 0.29) is 36.9 Å². The molecule has 42 heavy (non-hydrogen) atoms. The summed E-state index contributed by atoms with van der Waals surface area (Å²) < 4.78 is 21.4. The molecule has 1 amide bonds. The number of allylic oxidation sites excluding steroid dienone is 1. The van der Waals surface area contributed by atoms with Crippen molar-refractivity contribution in [2.24, 2.45) is 0 Å². The fraction of sp³-hybridized carbons (Fsp3) is 0.323. The van der Waals surface area contributed by atoms with Gasteiger partial charge in [0.2, 0.25) is 0 Å². The summed E-state index contributed by atoms with van der Waals surface area (Å²) in [6.45, 7) is 7.40. The molecule has 11 heteroatoms. The molecule has 10 nitrogen and oxygen atoms in total. The van der Waals surface area contributed by atoms with Gasteiger partial charge in [-0.3, -0.25) is 0 Å². The monoisotopic (exact) mass is 597 g/mol. The van der Waals surface area contributed by atoms with E-state index >= 15 is 0 Å². The van der Waals surface area contributed by atoms with Crippen molar-refractivity contribution in [3.8, 4) is 5.75 Å². The molecule has 1 aliphatic rings. The number of carbonyl (C=O) groups is 3. The Hall–Kier alpha value is -4.12. The Kier molecular flexibility index (Phi) is 11.7. The fourth-order valence-corrected chi connectivity index (χ4v) is 4.71. The van der Waals surface area contributed by atoms with Gasteiger partial charge in [-0.1, -0.05) is 48.5 Å². The van der Waals surface area contributed by atoms with Gasteiger partial charge in [-0.15, -0.1) is 0 Å². The Balaban J connectivity index is 1.72. The number of nitrogens with zero attached hydrogens (tertiary/aromatic N) is 1. The molecule has 0 bridgehead atoms. The Morgan fingerprint density at radius 1 is 1.12 bits per heavy atom. The molecule has 0 saturated heterocycles. The number of dihydropyridines is 1. The normalized spacial score (nSPS) is 15.5. The maximum absolute atomic E-state index is 13.2. The Bertz CT molecular complexity index is 1390. The van der Waals surface area contributed by atoms with Gasteiger partial charge in [0.1, 0.15) is 5.75 Å². The maximum Gasteiger partial charge on any atom is 0.412 e. The molecule has 0 spiro atoms. The molecule has 0 aliphatic carbocycles. The number of carbonyl (C=O) groups excluding carboxylic acids is 3. The standard InChI is InChI=1S/C31H36ClN3O7/c1-7-41-30(37)28-25(34-19(2)26(29(36)39-6)27(28)23-13-8-9-14-24(23)32)18-40-16-15-33-31(38)42-22-12-10-11-21(17-22)20(3)35(4)5/h7-14,17,20,27,34H,1,15-16,18H2,2-6H3,(H,33,38)/t20-,27?/m0/s1. The quantitative estimate of drug-likeness (QED) is 0.201. The van der Waals surface area contributed by atoms with Crippen molar-refractivity contribution in [3.63, 3.8) is 0 Å². The Labute approximate surface area is 250 Å². The highest BCUT2D eigenvalue weighted by atomic mass is 35.5. The van der Waals surface area contributed by atoms with E-state index in [0.29, 0.717) is 27.7 Å². The molecular weight excluding hydrogens is 562 g/mol. The lowest BCUT2D eigenvalue weighted by molar-refractivity contribution is -0.136. The molecule has 0 fully saturated rings. The number of halogens is 1. The van der Waals surface area contributed by atoms with Crippen molar-refractivity contribution in [1.29, 1.82) is 0 Å². The highest BCUT2D eigenvalue weighted by molar-refractivity contribution is 6.31. The van der Waals surface area contributed by atoms with Crippen LogP contribution in [0.5, 0.6) is 5.75 Å². The SMILES string of the molecule is C=COC(=O)C1=C(COCCNC(=O)Oc2cccc([C@H](C)N(C)C)c2)NC(C)=C(C(=O)OC)C1c1ccccc1Cl. The van der Waals surface area contributed by atoms with Gasteiger partial charge >= 0.3 is 18.0 Å². The summed E-state index contributed by atoms with van der Waals surface area (Å²) in [6, 6.07) is 14.4. The van der Waals surface area contributed by atoms with Crippen LogP contribution in [0, 0.1) is 0 Å². The molecule has 1 heterocycles. The lowest BCUT2D eigenvalue weighted by atomic mass is 9.80. The van der Waals surface area contributed by atoms with E-state index in [4.69, 9.17) is 30.5 Å². The van der Waals surface area contributed by atoms with E-state index in [9.17, 15) is 14.4 Å². The third-order valence-electron chi connectivity index (χ3n) is 6.76. The van der Waals surface area contributed by atoms with E-state index in [2.05, 4.69) is 29.0 Å². The minimum Gasteiger partial charge on any atom is -0.466 e. The van der Waals surface area contributed by atoms with Crippen LogP contribution in [0.3, 0.4) is 0 Å². The number of benzene rings is 2. The minimum atomic E-state index is -0.891. The minimum absolute atomic E-state index is 0.0600. The van der Waals surface area contributed by atoms with Crippen molar-refractivity contribution < 1.29 is 33.3 Å². The van der Waals surface area contributed by atoms with Gasteiger partial charge in [0.25, 0.3) is 0 Å². The van der Waals surface area contributed by atoms with Crippen molar-refractivity contribution >= 4 is 29.6 Å². The molecule has 224 valence electrons. The van der Waals surface area contributed by atoms with E-state index in [0.717, 1.165) is 11.8 Å². The second-order valence-corrected chi connectivity index (χ2v) is 10.1. The molecule has 1 aliphatic heterocycles. The molecule has 2 aromatic rings. The number of hydrogen-bond acceptors (Lipinski definition) is 9. The van der Waals surface area contributed by atoms with Gasteiger partial charge in [0.15, 0.2) is 0 Å². The van der Waals surface area contributed by atoms with Gasteiger partial charge in [-0.05, 0) is 57.3 Å². The van der Waals surface area contributed by atoms with Crippen LogP contribution in [0.25, 0.3) is 0 Å².